The fourth-order valence-corrected chi connectivity index (χ4v) is 4.49. The van der Waals surface area contributed by atoms with E-state index in [0.717, 1.165) is 43.3 Å². The second-order valence-electron chi connectivity index (χ2n) is 10.8. The zero-order valence-corrected chi connectivity index (χ0v) is 23.3. The number of fused-ring (bicyclic) bond motifs is 1. The van der Waals surface area contributed by atoms with Crippen molar-refractivity contribution < 1.29 is 19.0 Å². The molecule has 4 rings (SSSR count). The smallest absolute Gasteiger partial charge is 0.319 e. The summed E-state index contributed by atoms with van der Waals surface area (Å²) in [7, 11) is 1.62. The molecule has 2 heterocycles. The van der Waals surface area contributed by atoms with Crippen LogP contribution >= 0.6 is 11.6 Å². The van der Waals surface area contributed by atoms with Crippen LogP contribution in [0.5, 0.6) is 23.0 Å². The first-order chi connectivity index (χ1) is 18.2. The molecule has 1 saturated heterocycles. The van der Waals surface area contributed by atoms with E-state index in [1.165, 1.54) is 0 Å². The number of rotatable bonds is 9. The molecule has 2 aromatic carbocycles. The van der Waals surface area contributed by atoms with Gasteiger partial charge >= 0.3 is 6.03 Å². The molecule has 0 saturated carbocycles. The van der Waals surface area contributed by atoms with E-state index in [0.29, 0.717) is 52.8 Å². The summed E-state index contributed by atoms with van der Waals surface area (Å²) < 4.78 is 17.9. The summed E-state index contributed by atoms with van der Waals surface area (Å²) in [6.45, 7) is 9.63. The van der Waals surface area contributed by atoms with E-state index < -0.39 is 0 Å². The lowest BCUT2D eigenvalue weighted by Crippen LogP contribution is -2.33. The van der Waals surface area contributed by atoms with Crippen LogP contribution in [-0.4, -0.2) is 44.4 Å². The van der Waals surface area contributed by atoms with Crippen molar-refractivity contribution in [3.05, 3.63) is 47.6 Å². The summed E-state index contributed by atoms with van der Waals surface area (Å²) in [5.41, 5.74) is 1.38. The van der Waals surface area contributed by atoms with E-state index in [-0.39, 0.29) is 11.4 Å². The zero-order chi connectivity index (χ0) is 27.1. The lowest BCUT2D eigenvalue weighted by molar-refractivity contribution is 0.211. The quantitative estimate of drug-likeness (QED) is 0.282. The number of amides is 2. The number of nitrogens with zero attached hydrogens (tertiary/aromatic N) is 1. The van der Waals surface area contributed by atoms with Gasteiger partial charge in [-0.05, 0) is 55.5 Å². The van der Waals surface area contributed by atoms with Crippen molar-refractivity contribution >= 4 is 34.2 Å². The van der Waals surface area contributed by atoms with E-state index in [9.17, 15) is 4.79 Å². The molecule has 1 aromatic heterocycles. The third kappa shape index (κ3) is 7.65. The van der Waals surface area contributed by atoms with Gasteiger partial charge in [0.05, 0.1) is 29.9 Å². The second-order valence-corrected chi connectivity index (χ2v) is 11.2. The maximum absolute atomic E-state index is 12.3. The number of hydrogen-bond acceptors (Lipinski definition) is 6. The lowest BCUT2D eigenvalue weighted by atomic mass is 9.92. The van der Waals surface area contributed by atoms with Crippen LogP contribution in [0, 0.1) is 11.3 Å². The van der Waals surface area contributed by atoms with Crippen molar-refractivity contribution in [3.63, 3.8) is 0 Å². The Morgan fingerprint density at radius 1 is 1.16 bits per heavy atom. The van der Waals surface area contributed by atoms with Gasteiger partial charge < -0.3 is 30.2 Å². The fourth-order valence-electron chi connectivity index (χ4n) is 4.27. The van der Waals surface area contributed by atoms with E-state index >= 15 is 0 Å². The Hall–Kier alpha value is -3.23. The zero-order valence-electron chi connectivity index (χ0n) is 22.5. The average molecular weight is 541 g/mol. The van der Waals surface area contributed by atoms with Gasteiger partial charge in [-0.15, -0.1) is 0 Å². The molecule has 1 fully saturated rings. The van der Waals surface area contributed by atoms with Gasteiger partial charge in [-0.2, -0.15) is 0 Å². The molecule has 0 bridgehead atoms. The maximum atomic E-state index is 12.3. The van der Waals surface area contributed by atoms with Gasteiger partial charge in [0.25, 0.3) is 0 Å². The Morgan fingerprint density at radius 2 is 2.00 bits per heavy atom. The summed E-state index contributed by atoms with van der Waals surface area (Å²) >= 11 is 6.46. The molecule has 0 spiro atoms. The van der Waals surface area contributed by atoms with Crippen molar-refractivity contribution in [2.75, 3.05) is 38.7 Å². The van der Waals surface area contributed by atoms with Crippen LogP contribution in [0.3, 0.4) is 0 Å². The highest BCUT2D eigenvalue weighted by atomic mass is 35.5. The minimum absolute atomic E-state index is 0.145. The Labute approximate surface area is 229 Å². The number of benzene rings is 2. The van der Waals surface area contributed by atoms with E-state index in [4.69, 9.17) is 25.8 Å². The number of hydrogen-bond donors (Lipinski definition) is 3. The number of pyridine rings is 1. The Morgan fingerprint density at radius 3 is 2.71 bits per heavy atom. The molecule has 3 aromatic rings. The molecule has 0 aliphatic carbocycles. The molecule has 1 aliphatic rings. The van der Waals surface area contributed by atoms with Crippen molar-refractivity contribution in [1.82, 2.24) is 15.6 Å². The van der Waals surface area contributed by atoms with Crippen LogP contribution in [0.2, 0.25) is 5.02 Å². The summed E-state index contributed by atoms with van der Waals surface area (Å²) in [4.78, 5) is 16.8. The first-order valence-corrected chi connectivity index (χ1v) is 13.4. The van der Waals surface area contributed by atoms with Gasteiger partial charge in [-0.1, -0.05) is 32.4 Å². The Kier molecular flexibility index (Phi) is 9.17. The number of halogens is 1. The first-order valence-electron chi connectivity index (χ1n) is 13.0. The number of anilines is 1. The van der Waals surface area contributed by atoms with Crippen LogP contribution in [-0.2, 0) is 0 Å². The topological polar surface area (TPSA) is 93.7 Å². The molecule has 2 amide bonds. The number of piperidine rings is 1. The number of ether oxygens (including phenoxy) is 3. The largest absolute Gasteiger partial charge is 0.493 e. The SMILES string of the molecule is COc1cc2c(Oc3ccc(NC(=O)NCCC(C)(C)C)c(Cl)c3)ccnc2cc1OCC1CCCNC1. The average Bonchev–Trinajstić information content (AvgIpc) is 2.88. The molecule has 204 valence electrons. The van der Waals surface area contributed by atoms with E-state index in [2.05, 4.69) is 41.7 Å². The minimum Gasteiger partial charge on any atom is -0.493 e. The number of carbonyl (C=O) groups is 1. The van der Waals surface area contributed by atoms with Crippen molar-refractivity contribution in [1.29, 1.82) is 0 Å². The summed E-state index contributed by atoms with van der Waals surface area (Å²) in [6.07, 6.45) is 4.88. The third-order valence-corrected chi connectivity index (χ3v) is 6.75. The van der Waals surface area contributed by atoms with Gasteiger partial charge in [0.1, 0.15) is 11.5 Å². The summed E-state index contributed by atoms with van der Waals surface area (Å²) in [5.74, 6) is 2.89. The molecular weight excluding hydrogens is 504 g/mol. The predicted molar refractivity (Wildman–Crippen MR) is 152 cm³/mol. The van der Waals surface area contributed by atoms with Gasteiger partial charge in [-0.3, -0.25) is 4.98 Å². The molecule has 1 unspecified atom stereocenters. The van der Waals surface area contributed by atoms with Crippen molar-refractivity contribution in [3.8, 4) is 23.0 Å². The van der Waals surface area contributed by atoms with Crippen LogP contribution in [0.15, 0.2) is 42.6 Å². The number of methoxy groups -OCH3 is 1. The highest BCUT2D eigenvalue weighted by Crippen LogP contribution is 2.38. The van der Waals surface area contributed by atoms with Crippen LogP contribution in [0.1, 0.15) is 40.0 Å². The fraction of sp³-hybridized carbons (Fsp3) is 0.448. The van der Waals surface area contributed by atoms with Gasteiger partial charge in [0, 0.05) is 42.7 Å². The second kappa shape index (κ2) is 12.5. The normalized spacial score (nSPS) is 15.7. The third-order valence-electron chi connectivity index (χ3n) is 6.44. The Bertz CT molecular complexity index is 1260. The molecular formula is C29H37ClN4O4. The summed E-state index contributed by atoms with van der Waals surface area (Å²) in [5, 5.41) is 10.2. The monoisotopic (exact) mass is 540 g/mol. The van der Waals surface area contributed by atoms with Crippen LogP contribution < -0.4 is 30.2 Å². The molecule has 3 N–H and O–H groups in total. The predicted octanol–water partition coefficient (Wildman–Crippen LogP) is 6.63. The van der Waals surface area contributed by atoms with Gasteiger partial charge in [-0.25, -0.2) is 4.79 Å². The number of nitrogens with one attached hydrogen (secondary N) is 3. The highest BCUT2D eigenvalue weighted by molar-refractivity contribution is 6.33. The molecule has 1 atom stereocenters. The van der Waals surface area contributed by atoms with Crippen molar-refractivity contribution in [2.45, 2.75) is 40.0 Å². The highest BCUT2D eigenvalue weighted by Gasteiger charge is 2.17. The van der Waals surface area contributed by atoms with Crippen molar-refractivity contribution in [2.24, 2.45) is 11.3 Å². The summed E-state index contributed by atoms with van der Waals surface area (Å²) in [6, 6.07) is 10.4. The van der Waals surface area contributed by atoms with Gasteiger partial charge in [0.2, 0.25) is 0 Å². The maximum Gasteiger partial charge on any atom is 0.319 e. The number of urea groups is 1. The Balaban J connectivity index is 1.45. The standard InChI is InChI=1S/C29H37ClN4O4/c1-29(2,3)10-13-33-28(35)34-23-8-7-20(14-22(23)30)38-25-9-12-32-24-16-27(26(36-4)15-21(24)25)37-18-19-6-5-11-31-17-19/h7-9,12,14-16,19,31H,5-6,10-11,13,17-18H2,1-4H3,(H2,33,34,35). The van der Waals surface area contributed by atoms with E-state index in [1.54, 1.807) is 37.6 Å². The molecule has 0 radical (unpaired) electrons. The first kappa shape index (κ1) is 27.8. The van der Waals surface area contributed by atoms with Crippen LogP contribution in [0.4, 0.5) is 10.5 Å². The number of carbonyl (C=O) groups excluding carboxylic acids is 1. The van der Waals surface area contributed by atoms with Gasteiger partial charge in [0.15, 0.2) is 11.5 Å². The molecule has 8 nitrogen and oxygen atoms in total. The minimum atomic E-state index is -0.296. The molecule has 1 aliphatic heterocycles. The lowest BCUT2D eigenvalue weighted by Gasteiger charge is -2.23. The number of aromatic nitrogens is 1. The molecule has 9 heteroatoms. The van der Waals surface area contributed by atoms with Crippen LogP contribution in [0.25, 0.3) is 10.9 Å². The molecule has 38 heavy (non-hydrogen) atoms. The van der Waals surface area contributed by atoms with E-state index in [1.807, 2.05) is 12.1 Å².